The molecule has 0 radical (unpaired) electrons. The molecule has 0 bridgehead atoms. The Morgan fingerprint density at radius 2 is 0.886 bits per heavy atom. The van der Waals surface area contributed by atoms with Crippen LogP contribution in [0.4, 0.5) is 0 Å². The predicted molar refractivity (Wildman–Crippen MR) is 292 cm³/mol. The summed E-state index contributed by atoms with van der Waals surface area (Å²) in [5.74, 6) is 1.69. The van der Waals surface area contributed by atoms with Gasteiger partial charge < -0.3 is 9.13 Å². The summed E-state index contributed by atoms with van der Waals surface area (Å²) in [6.45, 7) is 6.66. The van der Waals surface area contributed by atoms with Crippen molar-refractivity contribution in [1.29, 1.82) is 0 Å². The predicted octanol–water partition coefficient (Wildman–Crippen LogP) is 16.4. The SMILES string of the molecule is C=Cc1c(/C=C\C)n(-c2ccc(-c3ccccc3)cc2)c2c(-n3c4ccccc4c4ccccc43)cc3c4ccccc4n(-c4nc(-c5ccccc5)nc(-c5cccc(-c6ccccc6)c5)n4)c3c12. The van der Waals surface area contributed by atoms with Crippen molar-refractivity contribution in [2.75, 3.05) is 0 Å². The van der Waals surface area contributed by atoms with E-state index in [1.54, 1.807) is 0 Å². The lowest BCUT2D eigenvalue weighted by Gasteiger charge is -2.17. The smallest absolute Gasteiger partial charge is 0.238 e. The highest BCUT2D eigenvalue weighted by Crippen LogP contribution is 2.46. The number of nitrogens with zero attached hydrogens (tertiary/aromatic N) is 6. The molecule has 0 spiro atoms. The lowest BCUT2D eigenvalue weighted by atomic mass is 10.0. The minimum absolute atomic E-state index is 0.522. The fourth-order valence-corrected chi connectivity index (χ4v) is 10.5. The van der Waals surface area contributed by atoms with Crippen molar-refractivity contribution in [3.05, 3.63) is 242 Å². The second kappa shape index (κ2) is 16.7. The Bertz CT molecular complexity index is 4120. The number of aromatic nitrogens is 6. The largest absolute Gasteiger partial charge is 0.307 e. The Labute approximate surface area is 405 Å². The molecule has 0 fully saturated rings. The summed E-state index contributed by atoms with van der Waals surface area (Å²) < 4.78 is 7.13. The molecule has 6 heteroatoms. The molecule has 4 aromatic heterocycles. The molecule has 0 saturated heterocycles. The first-order valence-electron chi connectivity index (χ1n) is 23.7. The van der Waals surface area contributed by atoms with Crippen molar-refractivity contribution in [2.24, 2.45) is 0 Å². The topological polar surface area (TPSA) is 53.5 Å². The zero-order valence-corrected chi connectivity index (χ0v) is 38.4. The highest BCUT2D eigenvalue weighted by atomic mass is 15.2. The molecule has 9 aromatic carbocycles. The van der Waals surface area contributed by atoms with Crippen LogP contribution in [0.15, 0.2) is 231 Å². The van der Waals surface area contributed by atoms with Gasteiger partial charge in [-0.2, -0.15) is 9.97 Å². The molecule has 330 valence electrons. The number of hydrogen-bond donors (Lipinski definition) is 0. The maximum absolute atomic E-state index is 5.47. The van der Waals surface area contributed by atoms with Crippen LogP contribution in [0.5, 0.6) is 0 Å². The van der Waals surface area contributed by atoms with Crippen molar-refractivity contribution in [3.8, 4) is 62.4 Å². The molecular weight excluding hydrogens is 853 g/mol. The van der Waals surface area contributed by atoms with E-state index in [9.17, 15) is 0 Å². The Balaban J connectivity index is 1.19. The molecule has 0 unspecified atom stereocenters. The van der Waals surface area contributed by atoms with E-state index in [-0.39, 0.29) is 0 Å². The van der Waals surface area contributed by atoms with Gasteiger partial charge in [0.25, 0.3) is 0 Å². The van der Waals surface area contributed by atoms with E-state index in [2.05, 4.69) is 233 Å². The van der Waals surface area contributed by atoms with Gasteiger partial charge in [0.1, 0.15) is 0 Å². The summed E-state index contributed by atoms with van der Waals surface area (Å²) in [5.41, 5.74) is 15.7. The van der Waals surface area contributed by atoms with Crippen LogP contribution < -0.4 is 0 Å². The van der Waals surface area contributed by atoms with E-state index in [1.165, 1.54) is 16.3 Å². The molecule has 0 N–H and O–H groups in total. The van der Waals surface area contributed by atoms with Gasteiger partial charge in [-0.25, -0.2) is 4.98 Å². The van der Waals surface area contributed by atoms with E-state index >= 15 is 0 Å². The molecular formula is C64H44N6. The van der Waals surface area contributed by atoms with E-state index in [0.29, 0.717) is 17.6 Å². The number of para-hydroxylation sites is 3. The Kier molecular flexibility index (Phi) is 9.77. The zero-order valence-electron chi connectivity index (χ0n) is 38.4. The van der Waals surface area contributed by atoms with Crippen LogP contribution in [0.3, 0.4) is 0 Å². The molecule has 0 atom stereocenters. The van der Waals surface area contributed by atoms with Gasteiger partial charge in [0.05, 0.1) is 39.0 Å². The maximum atomic E-state index is 5.47. The normalized spacial score (nSPS) is 11.8. The minimum atomic E-state index is 0.522. The summed E-state index contributed by atoms with van der Waals surface area (Å²) in [6.07, 6.45) is 6.36. The van der Waals surface area contributed by atoms with Crippen molar-refractivity contribution < 1.29 is 0 Å². The fourth-order valence-electron chi connectivity index (χ4n) is 10.5. The summed E-state index contributed by atoms with van der Waals surface area (Å²) in [6, 6.07) is 77.1. The van der Waals surface area contributed by atoms with Gasteiger partial charge in [-0.3, -0.25) is 4.57 Å². The first-order valence-corrected chi connectivity index (χ1v) is 23.7. The number of rotatable bonds is 9. The maximum Gasteiger partial charge on any atom is 0.238 e. The standard InChI is InChI=1S/C64H44N6/c1-3-21-54-49(4-2)59-60-53(41-58(69-55-33-17-14-30-50(55)51-31-15-18-34-56(51)69)61(59)68(54)48-38-36-44(37-39-48)42-22-8-5-9-23-42)52-32-16-19-35-57(52)70(60)64-66-62(45-26-12-7-13-27-45)65-63(67-64)47-29-20-28-46(40-47)43-24-10-6-11-25-43/h3-41H,2H2,1H3/b21-3-. The Hall–Kier alpha value is -9.39. The van der Waals surface area contributed by atoms with Crippen LogP contribution in [0.1, 0.15) is 18.2 Å². The number of fused-ring (bicyclic) bond motifs is 8. The van der Waals surface area contributed by atoms with Crippen molar-refractivity contribution in [1.82, 2.24) is 28.7 Å². The van der Waals surface area contributed by atoms with Crippen molar-refractivity contribution in [3.63, 3.8) is 0 Å². The monoisotopic (exact) mass is 896 g/mol. The average molecular weight is 897 g/mol. The van der Waals surface area contributed by atoms with Gasteiger partial charge in [-0.05, 0) is 77.7 Å². The number of allylic oxidation sites excluding steroid dienone is 1. The molecule has 0 amide bonds. The van der Waals surface area contributed by atoms with Crippen LogP contribution in [-0.4, -0.2) is 28.7 Å². The second-order valence-corrected chi connectivity index (χ2v) is 17.6. The quantitative estimate of drug-likeness (QED) is 0.145. The number of hydrogen-bond acceptors (Lipinski definition) is 3. The van der Waals surface area contributed by atoms with Gasteiger partial charge in [-0.1, -0.05) is 195 Å². The molecule has 0 saturated carbocycles. The lowest BCUT2D eigenvalue weighted by Crippen LogP contribution is -2.07. The van der Waals surface area contributed by atoms with Crippen LogP contribution in [0.2, 0.25) is 0 Å². The summed E-state index contributed by atoms with van der Waals surface area (Å²) in [4.78, 5) is 16.1. The molecule has 0 aliphatic carbocycles. The van der Waals surface area contributed by atoms with E-state index in [0.717, 1.165) is 94.2 Å². The van der Waals surface area contributed by atoms with Crippen LogP contribution in [0, 0.1) is 0 Å². The molecule has 0 aliphatic heterocycles. The summed E-state index contributed by atoms with van der Waals surface area (Å²) >= 11 is 0. The second-order valence-electron chi connectivity index (χ2n) is 17.6. The third kappa shape index (κ3) is 6.53. The molecule has 13 rings (SSSR count). The highest BCUT2D eigenvalue weighted by Gasteiger charge is 2.28. The highest BCUT2D eigenvalue weighted by molar-refractivity contribution is 6.24. The lowest BCUT2D eigenvalue weighted by molar-refractivity contribution is 0.955. The van der Waals surface area contributed by atoms with E-state index < -0.39 is 0 Å². The molecule has 4 heterocycles. The molecule has 0 aliphatic rings. The Morgan fingerprint density at radius 3 is 1.49 bits per heavy atom. The zero-order chi connectivity index (χ0) is 46.7. The summed E-state index contributed by atoms with van der Waals surface area (Å²) in [5, 5.41) is 5.58. The molecule has 6 nitrogen and oxygen atoms in total. The fraction of sp³-hybridized carbons (Fsp3) is 0.0156. The van der Waals surface area contributed by atoms with Crippen LogP contribution in [-0.2, 0) is 0 Å². The number of benzene rings is 9. The van der Waals surface area contributed by atoms with Gasteiger partial charge in [0.15, 0.2) is 11.6 Å². The van der Waals surface area contributed by atoms with Gasteiger partial charge >= 0.3 is 0 Å². The first kappa shape index (κ1) is 40.8. The van der Waals surface area contributed by atoms with E-state index in [1.807, 2.05) is 30.3 Å². The van der Waals surface area contributed by atoms with Gasteiger partial charge in [0, 0.05) is 49.3 Å². The van der Waals surface area contributed by atoms with Crippen LogP contribution in [0.25, 0.3) is 129 Å². The Morgan fingerprint density at radius 1 is 0.400 bits per heavy atom. The van der Waals surface area contributed by atoms with E-state index in [4.69, 9.17) is 15.0 Å². The average Bonchev–Trinajstić information content (AvgIpc) is 4.07. The van der Waals surface area contributed by atoms with Crippen molar-refractivity contribution in [2.45, 2.75) is 6.92 Å². The van der Waals surface area contributed by atoms with Gasteiger partial charge in [0.2, 0.25) is 5.95 Å². The van der Waals surface area contributed by atoms with Crippen molar-refractivity contribution >= 4 is 66.7 Å². The third-order valence-corrected chi connectivity index (χ3v) is 13.6. The van der Waals surface area contributed by atoms with Crippen LogP contribution >= 0.6 is 0 Å². The molecule has 70 heavy (non-hydrogen) atoms. The van der Waals surface area contributed by atoms with Gasteiger partial charge in [-0.15, -0.1) is 0 Å². The molecule has 13 aromatic rings. The summed E-state index contributed by atoms with van der Waals surface area (Å²) in [7, 11) is 0. The third-order valence-electron chi connectivity index (χ3n) is 13.6. The first-order chi connectivity index (χ1) is 34.7. The minimum Gasteiger partial charge on any atom is -0.307 e.